The Labute approximate surface area is 210 Å². The van der Waals surface area contributed by atoms with Crippen LogP contribution in [0.1, 0.15) is 43.7 Å². The zero-order valence-corrected chi connectivity index (χ0v) is 22.2. The molecule has 2 amide bonds. The van der Waals surface area contributed by atoms with Crippen LogP contribution in [0.5, 0.6) is 0 Å². The van der Waals surface area contributed by atoms with Gasteiger partial charge in [0.2, 0.25) is 21.8 Å². The van der Waals surface area contributed by atoms with E-state index in [1.54, 1.807) is 31.2 Å². The maximum absolute atomic E-state index is 13.6. The molecule has 1 fully saturated rings. The average Bonchev–Trinajstić information content (AvgIpc) is 3.29. The molecule has 0 aliphatic heterocycles. The molecule has 0 spiro atoms. The van der Waals surface area contributed by atoms with Crippen LogP contribution >= 0.6 is 15.9 Å². The molecule has 7 nitrogen and oxygen atoms in total. The van der Waals surface area contributed by atoms with Gasteiger partial charge in [-0.15, -0.1) is 0 Å². The molecule has 3 rings (SSSR count). The lowest BCUT2D eigenvalue weighted by atomic mass is 10.1. The maximum Gasteiger partial charge on any atom is 0.244 e. The normalized spacial score (nSPS) is 15.1. The minimum atomic E-state index is -3.76. The molecule has 1 saturated carbocycles. The van der Waals surface area contributed by atoms with E-state index in [-0.39, 0.29) is 18.5 Å². The number of hydrogen-bond donors (Lipinski definition) is 1. The Morgan fingerprint density at radius 1 is 1.09 bits per heavy atom. The largest absolute Gasteiger partial charge is 0.352 e. The Bertz CT molecular complexity index is 1130. The van der Waals surface area contributed by atoms with Gasteiger partial charge in [0.05, 0.1) is 11.9 Å². The van der Waals surface area contributed by atoms with Gasteiger partial charge in [-0.25, -0.2) is 8.42 Å². The summed E-state index contributed by atoms with van der Waals surface area (Å²) < 4.78 is 26.9. The van der Waals surface area contributed by atoms with E-state index < -0.39 is 28.5 Å². The number of aryl methyl sites for hydroxylation is 1. The lowest BCUT2D eigenvalue weighted by Crippen LogP contribution is -2.52. The second-order valence-corrected chi connectivity index (χ2v) is 11.6. The van der Waals surface area contributed by atoms with Gasteiger partial charge in [0, 0.05) is 17.1 Å². The van der Waals surface area contributed by atoms with Crippen molar-refractivity contribution >= 4 is 43.5 Å². The number of amides is 2. The Morgan fingerprint density at radius 2 is 1.71 bits per heavy atom. The number of hydrogen-bond acceptors (Lipinski definition) is 4. The molecule has 0 bridgehead atoms. The first-order chi connectivity index (χ1) is 16.1. The molecule has 1 aliphatic rings. The van der Waals surface area contributed by atoms with Gasteiger partial charge in [0.15, 0.2) is 0 Å². The van der Waals surface area contributed by atoms with Crippen molar-refractivity contribution in [3.8, 4) is 0 Å². The van der Waals surface area contributed by atoms with Gasteiger partial charge in [-0.3, -0.25) is 13.9 Å². The van der Waals surface area contributed by atoms with Gasteiger partial charge < -0.3 is 10.2 Å². The molecule has 1 aliphatic carbocycles. The third-order valence-electron chi connectivity index (χ3n) is 6.27. The number of rotatable bonds is 9. The van der Waals surface area contributed by atoms with Crippen molar-refractivity contribution in [3.63, 3.8) is 0 Å². The van der Waals surface area contributed by atoms with Gasteiger partial charge in [0.25, 0.3) is 0 Å². The van der Waals surface area contributed by atoms with Crippen LogP contribution < -0.4 is 9.62 Å². The Balaban J connectivity index is 1.90. The molecule has 2 aromatic rings. The highest BCUT2D eigenvalue weighted by Crippen LogP contribution is 2.28. The highest BCUT2D eigenvalue weighted by molar-refractivity contribution is 9.10. The predicted molar refractivity (Wildman–Crippen MR) is 138 cm³/mol. The summed E-state index contributed by atoms with van der Waals surface area (Å²) in [5.41, 5.74) is 2.27. The zero-order valence-electron chi connectivity index (χ0n) is 19.8. The molecule has 0 aromatic heterocycles. The second-order valence-electron chi connectivity index (χ2n) is 8.84. The first kappa shape index (κ1) is 26.2. The molecule has 1 unspecified atom stereocenters. The zero-order chi connectivity index (χ0) is 24.9. The molecule has 184 valence electrons. The minimum absolute atomic E-state index is 0.123. The van der Waals surface area contributed by atoms with Crippen LogP contribution in [0.4, 0.5) is 5.69 Å². The predicted octanol–water partition coefficient (Wildman–Crippen LogP) is 4.00. The molecule has 1 N–H and O–H groups in total. The number of anilines is 1. The Hall–Kier alpha value is -2.39. The SMILES string of the molecule is Cc1ccccc1CN(C(=O)CN(c1ccccc1Br)S(C)(=O)=O)C(C)C(=O)NC1CCCC1. The van der Waals surface area contributed by atoms with Crippen LogP contribution in [-0.2, 0) is 26.2 Å². The maximum atomic E-state index is 13.6. The van der Waals surface area contributed by atoms with Crippen molar-refractivity contribution in [2.75, 3.05) is 17.1 Å². The monoisotopic (exact) mass is 549 g/mol. The van der Waals surface area contributed by atoms with E-state index in [2.05, 4.69) is 21.2 Å². The molecule has 9 heteroatoms. The minimum Gasteiger partial charge on any atom is -0.352 e. The summed E-state index contributed by atoms with van der Waals surface area (Å²) in [6.45, 7) is 3.45. The third kappa shape index (κ3) is 6.60. The Kier molecular flexibility index (Phi) is 8.76. The van der Waals surface area contributed by atoms with Crippen LogP contribution in [-0.4, -0.2) is 50.0 Å². The molecular weight excluding hydrogens is 518 g/mol. The molecule has 34 heavy (non-hydrogen) atoms. The summed E-state index contributed by atoms with van der Waals surface area (Å²) in [7, 11) is -3.76. The first-order valence-corrected chi connectivity index (χ1v) is 14.1. The highest BCUT2D eigenvalue weighted by atomic mass is 79.9. The summed E-state index contributed by atoms with van der Waals surface area (Å²) in [5.74, 6) is -0.667. The summed E-state index contributed by atoms with van der Waals surface area (Å²) >= 11 is 3.39. The van der Waals surface area contributed by atoms with Crippen molar-refractivity contribution in [2.24, 2.45) is 0 Å². The number of halogens is 1. The van der Waals surface area contributed by atoms with Gasteiger partial charge >= 0.3 is 0 Å². The van der Waals surface area contributed by atoms with E-state index >= 15 is 0 Å². The van der Waals surface area contributed by atoms with E-state index in [0.717, 1.165) is 47.4 Å². The first-order valence-electron chi connectivity index (χ1n) is 11.4. The number of carbonyl (C=O) groups excluding carboxylic acids is 2. The van der Waals surface area contributed by atoms with Gasteiger partial charge in [-0.05, 0) is 65.9 Å². The summed E-state index contributed by atoms with van der Waals surface area (Å²) in [6, 6.07) is 13.9. The summed E-state index contributed by atoms with van der Waals surface area (Å²) in [4.78, 5) is 28.2. The fourth-order valence-corrected chi connectivity index (χ4v) is 5.67. The smallest absolute Gasteiger partial charge is 0.244 e. The highest BCUT2D eigenvalue weighted by Gasteiger charge is 2.32. The number of benzene rings is 2. The fourth-order valence-electron chi connectivity index (χ4n) is 4.19. The number of para-hydroxylation sites is 1. The molecule has 2 aromatic carbocycles. The lowest BCUT2D eigenvalue weighted by Gasteiger charge is -2.32. The molecule has 0 heterocycles. The van der Waals surface area contributed by atoms with Crippen molar-refractivity contribution in [2.45, 2.75) is 58.2 Å². The van der Waals surface area contributed by atoms with E-state index in [1.165, 1.54) is 4.90 Å². The standard InChI is InChI=1S/C25H32BrN3O4S/c1-18-10-4-5-11-20(18)16-28(19(2)25(31)27-21-12-6-7-13-21)24(30)17-29(34(3,32)33)23-15-9-8-14-22(23)26/h4-5,8-11,14-15,19,21H,6-7,12-13,16-17H2,1-3H3,(H,27,31). The van der Waals surface area contributed by atoms with Gasteiger partial charge in [-0.2, -0.15) is 0 Å². The quantitative estimate of drug-likeness (QED) is 0.512. The Morgan fingerprint density at radius 3 is 2.32 bits per heavy atom. The lowest BCUT2D eigenvalue weighted by molar-refractivity contribution is -0.139. The van der Waals surface area contributed by atoms with Crippen molar-refractivity contribution in [3.05, 3.63) is 64.1 Å². The van der Waals surface area contributed by atoms with Crippen LogP contribution in [0.2, 0.25) is 0 Å². The van der Waals surface area contributed by atoms with Crippen LogP contribution in [0, 0.1) is 6.92 Å². The molecule has 0 saturated heterocycles. The molecular formula is C25H32BrN3O4S. The van der Waals surface area contributed by atoms with E-state index in [9.17, 15) is 18.0 Å². The summed E-state index contributed by atoms with van der Waals surface area (Å²) in [5, 5.41) is 3.07. The average molecular weight is 551 g/mol. The van der Waals surface area contributed by atoms with Gasteiger partial charge in [-0.1, -0.05) is 49.2 Å². The van der Waals surface area contributed by atoms with Crippen LogP contribution in [0.25, 0.3) is 0 Å². The van der Waals surface area contributed by atoms with E-state index in [1.807, 2.05) is 31.2 Å². The number of carbonyl (C=O) groups is 2. The van der Waals surface area contributed by atoms with E-state index in [0.29, 0.717) is 10.2 Å². The number of nitrogens with one attached hydrogen (secondary N) is 1. The second kappa shape index (κ2) is 11.4. The fraction of sp³-hybridized carbons (Fsp3) is 0.440. The topological polar surface area (TPSA) is 86.8 Å². The number of nitrogens with zero attached hydrogens (tertiary/aromatic N) is 2. The van der Waals surface area contributed by atoms with Crippen molar-refractivity contribution in [1.29, 1.82) is 0 Å². The van der Waals surface area contributed by atoms with Crippen molar-refractivity contribution < 1.29 is 18.0 Å². The molecule has 0 radical (unpaired) electrons. The van der Waals surface area contributed by atoms with Gasteiger partial charge in [0.1, 0.15) is 12.6 Å². The van der Waals surface area contributed by atoms with Crippen LogP contribution in [0.15, 0.2) is 53.0 Å². The third-order valence-corrected chi connectivity index (χ3v) is 8.07. The van der Waals surface area contributed by atoms with Crippen LogP contribution in [0.3, 0.4) is 0 Å². The van der Waals surface area contributed by atoms with Crippen molar-refractivity contribution in [1.82, 2.24) is 10.2 Å². The summed E-state index contributed by atoms with van der Waals surface area (Å²) in [6.07, 6.45) is 5.12. The van der Waals surface area contributed by atoms with E-state index in [4.69, 9.17) is 0 Å². The molecule has 1 atom stereocenters. The number of sulfonamides is 1.